The lowest BCUT2D eigenvalue weighted by Gasteiger charge is -2.51. The summed E-state index contributed by atoms with van der Waals surface area (Å²) in [5, 5.41) is 91.8. The fourth-order valence-corrected chi connectivity index (χ4v) is 12.3. The third kappa shape index (κ3) is 20.6. The molecular weight excluding hydrogens is 1130 g/mol. The largest absolute Gasteiger partial charge is 0.457 e. The Hall–Kier alpha value is -2.31. The average Bonchev–Trinajstić information content (AvgIpc) is 0.863. The van der Waals surface area contributed by atoms with E-state index in [4.69, 9.17) is 61.6 Å². The maximum atomic E-state index is 14.3. The minimum absolute atomic E-state index is 0.0245. The van der Waals surface area contributed by atoms with Crippen LogP contribution >= 0.6 is 0 Å². The number of ether oxygens (including phenoxy) is 13. The first kappa shape index (κ1) is 72.7. The molecule has 6 heterocycles. The van der Waals surface area contributed by atoms with E-state index in [0.717, 1.165) is 116 Å². The first-order valence-electron chi connectivity index (χ1n) is 32.8. The zero-order chi connectivity index (χ0) is 62.6. The minimum Gasteiger partial charge on any atom is -0.457 e. The highest BCUT2D eigenvalue weighted by molar-refractivity contribution is 5.70. The average molecular weight is 1240 g/mol. The monoisotopic (exact) mass is 1240 g/mol. The Morgan fingerprint density at radius 2 is 0.884 bits per heavy atom. The van der Waals surface area contributed by atoms with Crippen molar-refractivity contribution >= 4 is 17.9 Å². The predicted octanol–water partition coefficient (Wildman–Crippen LogP) is 5.08. The molecule has 0 spiro atoms. The lowest BCUT2D eigenvalue weighted by molar-refractivity contribution is -0.399. The summed E-state index contributed by atoms with van der Waals surface area (Å²) >= 11 is 0. The molecule has 86 heavy (non-hydrogen) atoms. The number of aliphatic hydroxyl groups excluding tert-OH is 8. The lowest BCUT2D eigenvalue weighted by atomic mass is 9.95. The molecule has 24 heteroatoms. The summed E-state index contributed by atoms with van der Waals surface area (Å²) in [6, 6.07) is 0. The van der Waals surface area contributed by atoms with Crippen LogP contribution in [0.15, 0.2) is 0 Å². The third-order valence-electron chi connectivity index (χ3n) is 17.6. The van der Waals surface area contributed by atoms with Crippen LogP contribution in [0.5, 0.6) is 0 Å². The Kier molecular flexibility index (Phi) is 31.0. The number of hydrogen-bond donors (Lipinski definition) is 8. The quantitative estimate of drug-likeness (QED) is 0.0355. The number of aliphatic hydroxyl groups is 8. The second kappa shape index (κ2) is 36.7. The lowest BCUT2D eigenvalue weighted by Crippen LogP contribution is -2.68. The van der Waals surface area contributed by atoms with E-state index in [0.29, 0.717) is 25.7 Å². The number of esters is 3. The number of unbranched alkanes of at least 4 members (excludes halogenated alkanes) is 10. The van der Waals surface area contributed by atoms with Crippen LogP contribution in [0.2, 0.25) is 0 Å². The number of fused-ring (bicyclic) bond motifs is 3. The van der Waals surface area contributed by atoms with E-state index >= 15 is 0 Å². The third-order valence-corrected chi connectivity index (χ3v) is 17.6. The Morgan fingerprint density at radius 1 is 0.407 bits per heavy atom. The SMILES string of the molecule is CCCCCCCCCC(=O)OC1C(OC2C(C)OC3OC4C(OC(CCCCC)CCCCCCCCCC(=O)OC2C3O)OC(C)C(O)C4O)OC(C)C(OC2OC(C)C(OC(=O)CCCCC)C(O)C2O)C1OC1OC(C)C(O)C(O)C1O. The zero-order valence-corrected chi connectivity index (χ0v) is 52.3. The van der Waals surface area contributed by atoms with Crippen molar-refractivity contribution in [1.82, 2.24) is 0 Å². The van der Waals surface area contributed by atoms with Crippen molar-refractivity contribution in [2.45, 2.75) is 376 Å². The van der Waals surface area contributed by atoms with Crippen LogP contribution in [0.1, 0.15) is 216 Å². The van der Waals surface area contributed by atoms with Gasteiger partial charge in [-0.1, -0.05) is 130 Å². The molecule has 26 unspecified atom stereocenters. The maximum absolute atomic E-state index is 14.3. The molecule has 0 saturated carbocycles. The molecule has 8 N–H and O–H groups in total. The molecule has 6 aliphatic heterocycles. The van der Waals surface area contributed by atoms with Gasteiger partial charge in [0, 0.05) is 19.3 Å². The summed E-state index contributed by atoms with van der Waals surface area (Å²) in [7, 11) is 0. The molecule has 0 radical (unpaired) electrons. The topological polar surface area (TPSA) is 333 Å². The molecule has 6 saturated heterocycles. The van der Waals surface area contributed by atoms with E-state index in [1.165, 1.54) is 20.8 Å². The van der Waals surface area contributed by atoms with Gasteiger partial charge >= 0.3 is 17.9 Å². The van der Waals surface area contributed by atoms with Gasteiger partial charge in [-0.2, -0.15) is 0 Å². The minimum atomic E-state index is -1.90. The summed E-state index contributed by atoms with van der Waals surface area (Å²) in [6.07, 6.45) is -19.6. The fraction of sp³-hybridized carbons (Fsp3) is 0.952. The number of rotatable bonds is 24. The molecular formula is C62H108O24. The van der Waals surface area contributed by atoms with Crippen LogP contribution in [-0.2, 0) is 76.0 Å². The van der Waals surface area contributed by atoms with Gasteiger partial charge in [0.05, 0.1) is 36.6 Å². The van der Waals surface area contributed by atoms with Crippen molar-refractivity contribution in [3.8, 4) is 0 Å². The second-order valence-electron chi connectivity index (χ2n) is 24.8. The summed E-state index contributed by atoms with van der Waals surface area (Å²) in [4.78, 5) is 41.2. The number of carbonyl (C=O) groups excluding carboxylic acids is 3. The van der Waals surface area contributed by atoms with Gasteiger partial charge in [-0.25, -0.2) is 0 Å². The van der Waals surface area contributed by atoms with E-state index in [1.807, 2.05) is 6.92 Å². The second-order valence-corrected chi connectivity index (χ2v) is 24.8. The molecule has 6 rings (SSSR count). The molecule has 500 valence electrons. The Balaban J connectivity index is 1.35. The number of hydrogen-bond acceptors (Lipinski definition) is 24. The van der Waals surface area contributed by atoms with E-state index in [-0.39, 0.29) is 25.4 Å². The van der Waals surface area contributed by atoms with Gasteiger partial charge in [0.1, 0.15) is 73.2 Å². The molecule has 0 aromatic heterocycles. The van der Waals surface area contributed by atoms with E-state index in [1.54, 1.807) is 13.8 Å². The summed E-state index contributed by atoms with van der Waals surface area (Å²) < 4.78 is 82.4. The fourth-order valence-electron chi connectivity index (χ4n) is 12.3. The summed E-state index contributed by atoms with van der Waals surface area (Å²) in [6.45, 7) is 13.9. The molecule has 0 aliphatic carbocycles. The van der Waals surface area contributed by atoms with Crippen LogP contribution in [0.25, 0.3) is 0 Å². The first-order valence-corrected chi connectivity index (χ1v) is 32.8. The van der Waals surface area contributed by atoms with Crippen molar-refractivity contribution in [3.05, 3.63) is 0 Å². The Bertz CT molecular complexity index is 1960. The molecule has 6 fully saturated rings. The van der Waals surface area contributed by atoms with E-state index in [2.05, 4.69) is 13.8 Å². The van der Waals surface area contributed by atoms with Crippen LogP contribution in [0.4, 0.5) is 0 Å². The van der Waals surface area contributed by atoms with Crippen LogP contribution in [-0.4, -0.2) is 218 Å². The maximum Gasteiger partial charge on any atom is 0.306 e. The van der Waals surface area contributed by atoms with Crippen molar-refractivity contribution in [2.75, 3.05) is 0 Å². The normalized spacial score (nSPS) is 41.6. The number of carbonyl (C=O) groups is 3. The van der Waals surface area contributed by atoms with E-state index < -0.39 is 171 Å². The van der Waals surface area contributed by atoms with Crippen molar-refractivity contribution < 1.29 is 117 Å². The molecule has 24 nitrogen and oxygen atoms in total. The smallest absolute Gasteiger partial charge is 0.306 e. The molecule has 0 aromatic carbocycles. The van der Waals surface area contributed by atoms with Gasteiger partial charge in [-0.15, -0.1) is 0 Å². The highest BCUT2D eigenvalue weighted by Gasteiger charge is 2.58. The standard InChI is InChI=1S/C62H108O24/c1-9-12-15-16-18-22-28-33-42(65)82-57-56(86-58-48(71)45(68)43(66)34(4)74-58)53(83-59-49(72)47(70)51(36(6)76-59)80-40(63)31-25-14-11-3)38(8)78-62(57)84-52-37(7)77-60-50(73)54(52)81-41(64)32-27-23-20-17-19-21-26-30-39(29-24-13-10-2)79-61-55(85-60)46(69)44(67)35(5)75-61/h34-39,43-62,66-73H,9-33H2,1-8H3. The Labute approximate surface area is 508 Å². The highest BCUT2D eigenvalue weighted by Crippen LogP contribution is 2.39. The molecule has 0 aromatic rings. The van der Waals surface area contributed by atoms with Gasteiger partial charge in [0.25, 0.3) is 0 Å². The van der Waals surface area contributed by atoms with Crippen LogP contribution in [0.3, 0.4) is 0 Å². The van der Waals surface area contributed by atoms with Gasteiger partial charge in [-0.3, -0.25) is 14.4 Å². The van der Waals surface area contributed by atoms with E-state index in [9.17, 15) is 55.2 Å². The van der Waals surface area contributed by atoms with Gasteiger partial charge in [-0.05, 0) is 66.7 Å². The van der Waals surface area contributed by atoms with Crippen LogP contribution in [0, 0.1) is 0 Å². The predicted molar refractivity (Wildman–Crippen MR) is 306 cm³/mol. The van der Waals surface area contributed by atoms with Crippen molar-refractivity contribution in [3.63, 3.8) is 0 Å². The Morgan fingerprint density at radius 3 is 1.56 bits per heavy atom. The highest BCUT2D eigenvalue weighted by atomic mass is 16.8. The molecule has 2 bridgehead atoms. The van der Waals surface area contributed by atoms with Gasteiger partial charge in [0.15, 0.2) is 49.8 Å². The molecule has 6 aliphatic rings. The summed E-state index contributed by atoms with van der Waals surface area (Å²) in [5.74, 6) is -2.02. The van der Waals surface area contributed by atoms with Gasteiger partial charge < -0.3 is 102 Å². The van der Waals surface area contributed by atoms with Crippen LogP contribution < -0.4 is 0 Å². The van der Waals surface area contributed by atoms with Crippen molar-refractivity contribution in [1.29, 1.82) is 0 Å². The zero-order valence-electron chi connectivity index (χ0n) is 52.3. The molecule has 0 amide bonds. The summed E-state index contributed by atoms with van der Waals surface area (Å²) in [5.41, 5.74) is 0. The van der Waals surface area contributed by atoms with Gasteiger partial charge in [0.2, 0.25) is 0 Å². The molecule has 26 atom stereocenters. The first-order chi connectivity index (χ1) is 41.2. The van der Waals surface area contributed by atoms with Crippen molar-refractivity contribution in [2.24, 2.45) is 0 Å².